The number of fused-ring (bicyclic) bond motifs is 1. The van der Waals surface area contributed by atoms with Crippen LogP contribution in [0.5, 0.6) is 5.75 Å². The van der Waals surface area contributed by atoms with Gasteiger partial charge in [0.15, 0.2) is 0 Å². The van der Waals surface area contributed by atoms with E-state index >= 15 is 0 Å². The average Bonchev–Trinajstić information content (AvgIpc) is 2.88. The summed E-state index contributed by atoms with van der Waals surface area (Å²) in [6.45, 7) is 0.885. The fraction of sp³-hybridized carbons (Fsp3) is 0.188. The Morgan fingerprint density at radius 1 is 1.15 bits per heavy atom. The maximum absolute atomic E-state index is 5.17. The Morgan fingerprint density at radius 2 is 1.95 bits per heavy atom. The monoisotopic (exact) mass is 378 g/mol. The van der Waals surface area contributed by atoms with Crippen LogP contribution in [0.2, 0.25) is 0 Å². The number of benzene rings is 2. The van der Waals surface area contributed by atoms with E-state index in [2.05, 4.69) is 62.7 Å². The van der Waals surface area contributed by atoms with Gasteiger partial charge in [-0.2, -0.15) is 5.10 Å². The van der Waals surface area contributed by atoms with Gasteiger partial charge >= 0.3 is 0 Å². The molecule has 0 aliphatic carbocycles. The third-order valence-corrected chi connectivity index (χ3v) is 4.05. The standard InChI is InChI=1S/C16H15IN2O/c1-20-15-6-2-12(3-7-15)8-9-19-16-10-14(17)5-4-13(16)11-18-19/h2-7,10-11H,8-9H2,1H3. The zero-order valence-corrected chi connectivity index (χ0v) is 13.4. The molecule has 4 heteroatoms. The van der Waals surface area contributed by atoms with Crippen molar-refractivity contribution in [2.24, 2.45) is 0 Å². The molecule has 3 rings (SSSR count). The summed E-state index contributed by atoms with van der Waals surface area (Å²) < 4.78 is 8.48. The fourth-order valence-electron chi connectivity index (χ4n) is 2.25. The maximum atomic E-state index is 5.17. The van der Waals surface area contributed by atoms with Crippen LogP contribution in [0.25, 0.3) is 10.9 Å². The van der Waals surface area contributed by atoms with Crippen LogP contribution in [0.3, 0.4) is 0 Å². The smallest absolute Gasteiger partial charge is 0.118 e. The molecule has 20 heavy (non-hydrogen) atoms. The lowest BCUT2D eigenvalue weighted by Crippen LogP contribution is -2.03. The molecule has 3 nitrogen and oxygen atoms in total. The molecule has 0 bridgehead atoms. The Bertz CT molecular complexity index is 719. The predicted molar refractivity (Wildman–Crippen MR) is 89.1 cm³/mol. The second-order valence-electron chi connectivity index (χ2n) is 4.67. The maximum Gasteiger partial charge on any atom is 0.118 e. The van der Waals surface area contributed by atoms with Gasteiger partial charge in [0, 0.05) is 15.5 Å². The molecule has 102 valence electrons. The SMILES string of the molecule is COc1ccc(CCn2ncc3ccc(I)cc32)cc1. The van der Waals surface area contributed by atoms with Crippen LogP contribution in [0.1, 0.15) is 5.56 Å². The second kappa shape index (κ2) is 5.83. The van der Waals surface area contributed by atoms with Crippen molar-refractivity contribution in [2.75, 3.05) is 7.11 Å². The Balaban J connectivity index is 1.77. The summed E-state index contributed by atoms with van der Waals surface area (Å²) in [7, 11) is 1.69. The number of hydrogen-bond donors (Lipinski definition) is 0. The molecule has 0 spiro atoms. The van der Waals surface area contributed by atoms with Crippen LogP contribution < -0.4 is 4.74 Å². The highest BCUT2D eigenvalue weighted by Crippen LogP contribution is 2.18. The molecule has 0 saturated carbocycles. The zero-order valence-electron chi connectivity index (χ0n) is 11.2. The van der Waals surface area contributed by atoms with E-state index in [-0.39, 0.29) is 0 Å². The van der Waals surface area contributed by atoms with Gasteiger partial charge in [-0.25, -0.2) is 0 Å². The Labute approximate surface area is 131 Å². The lowest BCUT2D eigenvalue weighted by molar-refractivity contribution is 0.414. The van der Waals surface area contributed by atoms with Crippen LogP contribution >= 0.6 is 22.6 Å². The molecule has 0 fully saturated rings. The first-order valence-electron chi connectivity index (χ1n) is 6.50. The lowest BCUT2D eigenvalue weighted by Gasteiger charge is -2.05. The zero-order chi connectivity index (χ0) is 13.9. The normalized spacial score (nSPS) is 10.9. The third kappa shape index (κ3) is 2.80. The number of nitrogens with zero attached hydrogens (tertiary/aromatic N) is 2. The molecule has 3 aromatic rings. The number of ether oxygens (including phenoxy) is 1. The number of aryl methyl sites for hydroxylation is 2. The molecule has 0 aliphatic rings. The van der Waals surface area contributed by atoms with Gasteiger partial charge in [-0.1, -0.05) is 18.2 Å². The predicted octanol–water partition coefficient (Wildman–Crippen LogP) is 3.89. The van der Waals surface area contributed by atoms with E-state index in [0.717, 1.165) is 18.7 Å². The minimum atomic E-state index is 0.885. The summed E-state index contributed by atoms with van der Waals surface area (Å²) in [5.74, 6) is 0.896. The van der Waals surface area contributed by atoms with Gasteiger partial charge in [-0.05, 0) is 58.8 Å². The quantitative estimate of drug-likeness (QED) is 0.644. The van der Waals surface area contributed by atoms with Crippen molar-refractivity contribution in [1.82, 2.24) is 9.78 Å². The molecule has 0 saturated heterocycles. The molecular weight excluding hydrogens is 363 g/mol. The molecule has 2 aromatic carbocycles. The first kappa shape index (κ1) is 13.4. The van der Waals surface area contributed by atoms with Crippen molar-refractivity contribution in [3.63, 3.8) is 0 Å². The van der Waals surface area contributed by atoms with Crippen molar-refractivity contribution >= 4 is 33.5 Å². The molecule has 0 N–H and O–H groups in total. The van der Waals surface area contributed by atoms with Gasteiger partial charge in [0.25, 0.3) is 0 Å². The van der Waals surface area contributed by atoms with E-state index < -0.39 is 0 Å². The van der Waals surface area contributed by atoms with Crippen molar-refractivity contribution < 1.29 is 4.74 Å². The van der Waals surface area contributed by atoms with E-state index in [1.165, 1.54) is 20.0 Å². The van der Waals surface area contributed by atoms with Crippen LogP contribution in [0.4, 0.5) is 0 Å². The van der Waals surface area contributed by atoms with Gasteiger partial charge in [-0.15, -0.1) is 0 Å². The van der Waals surface area contributed by atoms with Crippen LogP contribution in [-0.4, -0.2) is 16.9 Å². The molecular formula is C16H15IN2O. The van der Waals surface area contributed by atoms with Crippen LogP contribution in [0, 0.1) is 3.57 Å². The van der Waals surface area contributed by atoms with Crippen molar-refractivity contribution in [1.29, 1.82) is 0 Å². The second-order valence-corrected chi connectivity index (χ2v) is 5.91. The van der Waals surface area contributed by atoms with E-state index in [9.17, 15) is 0 Å². The average molecular weight is 378 g/mol. The minimum Gasteiger partial charge on any atom is -0.497 e. The number of rotatable bonds is 4. The number of methoxy groups -OCH3 is 1. The molecule has 0 aliphatic heterocycles. The van der Waals surface area contributed by atoms with Crippen LogP contribution in [0.15, 0.2) is 48.7 Å². The van der Waals surface area contributed by atoms with E-state index in [1.54, 1.807) is 7.11 Å². The first-order valence-corrected chi connectivity index (χ1v) is 7.58. The van der Waals surface area contributed by atoms with Gasteiger partial charge in [-0.3, -0.25) is 4.68 Å². The molecule has 1 heterocycles. The summed E-state index contributed by atoms with van der Waals surface area (Å²) in [6, 6.07) is 14.6. The van der Waals surface area contributed by atoms with Gasteiger partial charge in [0.05, 0.1) is 18.8 Å². The Morgan fingerprint density at radius 3 is 2.70 bits per heavy atom. The topological polar surface area (TPSA) is 27.1 Å². The Kier molecular flexibility index (Phi) is 3.91. The highest BCUT2D eigenvalue weighted by molar-refractivity contribution is 14.1. The highest BCUT2D eigenvalue weighted by Gasteiger charge is 2.03. The largest absolute Gasteiger partial charge is 0.497 e. The number of aromatic nitrogens is 2. The molecule has 0 amide bonds. The third-order valence-electron chi connectivity index (χ3n) is 3.38. The van der Waals surface area contributed by atoms with E-state index in [1.807, 2.05) is 18.3 Å². The summed E-state index contributed by atoms with van der Waals surface area (Å²) in [6.07, 6.45) is 2.89. The van der Waals surface area contributed by atoms with Gasteiger partial charge in [0.1, 0.15) is 5.75 Å². The van der Waals surface area contributed by atoms with Crippen molar-refractivity contribution in [3.05, 3.63) is 57.8 Å². The first-order chi connectivity index (χ1) is 9.76. The van der Waals surface area contributed by atoms with E-state index in [4.69, 9.17) is 4.74 Å². The summed E-state index contributed by atoms with van der Waals surface area (Å²) in [5, 5.41) is 5.67. The number of halogens is 1. The fourth-order valence-corrected chi connectivity index (χ4v) is 2.72. The lowest BCUT2D eigenvalue weighted by atomic mass is 10.1. The summed E-state index contributed by atoms with van der Waals surface area (Å²) in [5.41, 5.74) is 2.49. The van der Waals surface area contributed by atoms with Crippen molar-refractivity contribution in [3.8, 4) is 5.75 Å². The summed E-state index contributed by atoms with van der Waals surface area (Å²) in [4.78, 5) is 0. The number of hydrogen-bond acceptors (Lipinski definition) is 2. The Hall–Kier alpha value is -1.56. The summed E-state index contributed by atoms with van der Waals surface area (Å²) >= 11 is 2.33. The highest BCUT2D eigenvalue weighted by atomic mass is 127. The molecule has 1 aromatic heterocycles. The molecule has 0 radical (unpaired) electrons. The van der Waals surface area contributed by atoms with Crippen molar-refractivity contribution in [2.45, 2.75) is 13.0 Å². The molecule has 0 unspecified atom stereocenters. The van der Waals surface area contributed by atoms with Gasteiger partial charge in [0.2, 0.25) is 0 Å². The molecule has 0 atom stereocenters. The van der Waals surface area contributed by atoms with Gasteiger partial charge < -0.3 is 4.74 Å². The van der Waals surface area contributed by atoms with E-state index in [0.29, 0.717) is 0 Å². The van der Waals surface area contributed by atoms with Crippen LogP contribution in [-0.2, 0) is 13.0 Å². The minimum absolute atomic E-state index is 0.885.